The van der Waals surface area contributed by atoms with E-state index >= 15 is 0 Å². The van der Waals surface area contributed by atoms with Crippen LogP contribution in [0, 0.1) is 12.8 Å². The van der Waals surface area contributed by atoms with Gasteiger partial charge in [-0.1, -0.05) is 24.6 Å². The molecular weight excluding hydrogens is 396 g/mol. The average Bonchev–Trinajstić information content (AvgIpc) is 3.03. The highest BCUT2D eigenvalue weighted by Crippen LogP contribution is 2.35. The van der Waals surface area contributed by atoms with Crippen LogP contribution in [0.25, 0.3) is 10.2 Å². The predicted octanol–water partition coefficient (Wildman–Crippen LogP) is 3.59. The molecule has 0 radical (unpaired) electrons. The van der Waals surface area contributed by atoms with E-state index in [9.17, 15) is 9.59 Å². The molecule has 0 aliphatic heterocycles. The van der Waals surface area contributed by atoms with Gasteiger partial charge < -0.3 is 10.2 Å². The number of rotatable bonds is 5. The number of carbonyl (C=O) groups excluding carboxylic acids is 1. The first-order valence-corrected chi connectivity index (χ1v) is 11.2. The summed E-state index contributed by atoms with van der Waals surface area (Å²) >= 11 is 1.65. The first-order valence-electron chi connectivity index (χ1n) is 10.4. The smallest absolute Gasteiger partial charge is 0.263 e. The molecule has 1 unspecified atom stereocenters. The second-order valence-corrected chi connectivity index (χ2v) is 9.69. The van der Waals surface area contributed by atoms with Gasteiger partial charge in [-0.25, -0.2) is 4.98 Å². The Bertz CT molecular complexity index is 1140. The van der Waals surface area contributed by atoms with E-state index in [1.807, 2.05) is 50.2 Å². The Labute approximate surface area is 180 Å². The van der Waals surface area contributed by atoms with Gasteiger partial charge >= 0.3 is 0 Å². The van der Waals surface area contributed by atoms with Crippen molar-refractivity contribution < 1.29 is 4.79 Å². The number of aryl methyl sites for hydroxylation is 2. The number of nitrogens with one attached hydrogen (secondary N) is 1. The molecular formula is C23H28N4O2S. The minimum atomic E-state index is -0.222. The number of hydrogen-bond acceptors (Lipinski definition) is 5. The second kappa shape index (κ2) is 8.32. The molecule has 7 heteroatoms. The molecule has 2 heterocycles. The van der Waals surface area contributed by atoms with Gasteiger partial charge in [0, 0.05) is 10.6 Å². The van der Waals surface area contributed by atoms with Crippen LogP contribution in [0.15, 0.2) is 29.1 Å². The first-order chi connectivity index (χ1) is 14.3. The maximum Gasteiger partial charge on any atom is 0.263 e. The Morgan fingerprint density at radius 3 is 2.73 bits per heavy atom. The highest BCUT2D eigenvalue weighted by molar-refractivity contribution is 7.18. The Balaban J connectivity index is 1.72. The molecule has 1 N–H and O–H groups in total. The molecule has 3 aromatic rings. The van der Waals surface area contributed by atoms with Crippen LogP contribution in [0.2, 0.25) is 0 Å². The molecule has 0 fully saturated rings. The molecule has 0 spiro atoms. The number of hydrogen-bond donors (Lipinski definition) is 1. The third-order valence-electron chi connectivity index (χ3n) is 5.59. The number of aromatic nitrogens is 2. The van der Waals surface area contributed by atoms with Crippen LogP contribution in [0.3, 0.4) is 0 Å². The molecule has 30 heavy (non-hydrogen) atoms. The number of fused-ring (bicyclic) bond motifs is 3. The van der Waals surface area contributed by atoms with Crippen molar-refractivity contribution >= 4 is 33.1 Å². The Morgan fingerprint density at radius 1 is 1.30 bits per heavy atom. The van der Waals surface area contributed by atoms with E-state index in [1.54, 1.807) is 15.9 Å². The van der Waals surface area contributed by atoms with Crippen molar-refractivity contribution in [1.82, 2.24) is 14.5 Å². The van der Waals surface area contributed by atoms with E-state index in [4.69, 9.17) is 4.98 Å². The lowest BCUT2D eigenvalue weighted by molar-refractivity contribution is -0.116. The monoisotopic (exact) mass is 424 g/mol. The lowest BCUT2D eigenvalue weighted by Crippen LogP contribution is -2.33. The SMILES string of the molecule is Cc1ccc(NC(=O)Cn2c(CN(C)C)nc3sc4c(c3c2=O)CCC(C)C4)cc1. The molecule has 1 aromatic carbocycles. The van der Waals surface area contributed by atoms with Crippen molar-refractivity contribution in [3.8, 4) is 0 Å². The van der Waals surface area contributed by atoms with E-state index in [1.165, 1.54) is 4.88 Å². The Morgan fingerprint density at radius 2 is 2.03 bits per heavy atom. The van der Waals surface area contributed by atoms with Crippen molar-refractivity contribution in [2.45, 2.75) is 46.2 Å². The van der Waals surface area contributed by atoms with Gasteiger partial charge in [0.1, 0.15) is 17.2 Å². The van der Waals surface area contributed by atoms with Crippen molar-refractivity contribution in [3.05, 3.63) is 56.4 Å². The van der Waals surface area contributed by atoms with Crippen LogP contribution in [0.5, 0.6) is 0 Å². The number of nitrogens with zero attached hydrogens (tertiary/aromatic N) is 3. The molecule has 1 aliphatic rings. The maximum absolute atomic E-state index is 13.5. The molecule has 158 valence electrons. The fraction of sp³-hybridized carbons (Fsp3) is 0.435. The zero-order chi connectivity index (χ0) is 21.4. The summed E-state index contributed by atoms with van der Waals surface area (Å²) in [6, 6.07) is 7.64. The maximum atomic E-state index is 13.5. The number of carbonyl (C=O) groups is 1. The van der Waals surface area contributed by atoms with Crippen molar-refractivity contribution in [1.29, 1.82) is 0 Å². The summed E-state index contributed by atoms with van der Waals surface area (Å²) in [6.45, 7) is 4.72. The summed E-state index contributed by atoms with van der Waals surface area (Å²) < 4.78 is 1.55. The van der Waals surface area contributed by atoms with Gasteiger partial charge in [0.2, 0.25) is 5.91 Å². The van der Waals surface area contributed by atoms with E-state index in [2.05, 4.69) is 12.2 Å². The van der Waals surface area contributed by atoms with Gasteiger partial charge in [-0.3, -0.25) is 14.2 Å². The number of thiophene rings is 1. The molecule has 4 rings (SSSR count). The minimum absolute atomic E-state index is 0.0418. The largest absolute Gasteiger partial charge is 0.325 e. The second-order valence-electron chi connectivity index (χ2n) is 8.60. The van der Waals surface area contributed by atoms with Gasteiger partial charge in [-0.05, 0) is 63.9 Å². The Kier molecular flexibility index (Phi) is 5.75. The van der Waals surface area contributed by atoms with Crippen LogP contribution in [0.4, 0.5) is 5.69 Å². The summed E-state index contributed by atoms with van der Waals surface area (Å²) in [7, 11) is 3.88. The molecule has 6 nitrogen and oxygen atoms in total. The molecule has 2 aromatic heterocycles. The highest BCUT2D eigenvalue weighted by atomic mass is 32.1. The number of benzene rings is 1. The first kappa shape index (κ1) is 20.8. The zero-order valence-electron chi connectivity index (χ0n) is 18.0. The van der Waals surface area contributed by atoms with Gasteiger partial charge in [-0.15, -0.1) is 11.3 Å². The topological polar surface area (TPSA) is 67.2 Å². The van der Waals surface area contributed by atoms with Gasteiger partial charge in [0.15, 0.2) is 0 Å². The molecule has 0 saturated heterocycles. The van der Waals surface area contributed by atoms with Gasteiger partial charge in [0.25, 0.3) is 5.56 Å². The summed E-state index contributed by atoms with van der Waals surface area (Å²) in [6.07, 6.45) is 3.01. The van der Waals surface area contributed by atoms with Crippen LogP contribution < -0.4 is 10.9 Å². The van der Waals surface area contributed by atoms with Crippen LogP contribution in [0.1, 0.15) is 35.2 Å². The average molecular weight is 425 g/mol. The predicted molar refractivity (Wildman–Crippen MR) is 122 cm³/mol. The molecule has 0 bridgehead atoms. The quantitative estimate of drug-likeness (QED) is 0.680. The van der Waals surface area contributed by atoms with Crippen LogP contribution in [-0.4, -0.2) is 34.5 Å². The van der Waals surface area contributed by atoms with Crippen LogP contribution in [-0.2, 0) is 30.7 Å². The molecule has 1 atom stereocenters. The summed E-state index contributed by atoms with van der Waals surface area (Å²) in [4.78, 5) is 35.2. The van der Waals surface area contributed by atoms with Crippen molar-refractivity contribution in [2.24, 2.45) is 5.92 Å². The fourth-order valence-corrected chi connectivity index (χ4v) is 5.41. The summed E-state index contributed by atoms with van der Waals surface area (Å²) in [5.41, 5.74) is 2.91. The normalized spacial score (nSPS) is 16.1. The van der Waals surface area contributed by atoms with Crippen molar-refractivity contribution in [3.63, 3.8) is 0 Å². The number of amides is 1. The van der Waals surface area contributed by atoms with E-state index < -0.39 is 0 Å². The third kappa shape index (κ3) is 4.18. The molecule has 0 saturated carbocycles. The van der Waals surface area contributed by atoms with E-state index in [0.717, 1.165) is 40.9 Å². The number of anilines is 1. The van der Waals surface area contributed by atoms with Crippen LogP contribution >= 0.6 is 11.3 Å². The fourth-order valence-electron chi connectivity index (χ4n) is 4.01. The molecule has 1 aliphatic carbocycles. The molecule has 1 amide bonds. The van der Waals surface area contributed by atoms with E-state index in [0.29, 0.717) is 23.7 Å². The van der Waals surface area contributed by atoms with Gasteiger partial charge in [0.05, 0.1) is 11.9 Å². The third-order valence-corrected chi connectivity index (χ3v) is 6.74. The van der Waals surface area contributed by atoms with E-state index in [-0.39, 0.29) is 18.0 Å². The standard InChI is InChI=1S/C23H28N4O2S/c1-14-5-8-16(9-6-14)24-20(28)13-27-19(12-26(3)4)25-22-21(23(27)29)17-10-7-15(2)11-18(17)30-22/h5-6,8-9,15H,7,10-13H2,1-4H3,(H,24,28). The summed E-state index contributed by atoms with van der Waals surface area (Å²) in [5, 5.41) is 3.61. The lowest BCUT2D eigenvalue weighted by Gasteiger charge is -2.18. The lowest BCUT2D eigenvalue weighted by atomic mass is 9.89. The highest BCUT2D eigenvalue weighted by Gasteiger charge is 2.25. The van der Waals surface area contributed by atoms with Gasteiger partial charge in [-0.2, -0.15) is 0 Å². The Hall–Kier alpha value is -2.51. The zero-order valence-corrected chi connectivity index (χ0v) is 18.8. The van der Waals surface area contributed by atoms with Crippen molar-refractivity contribution in [2.75, 3.05) is 19.4 Å². The minimum Gasteiger partial charge on any atom is -0.325 e. The summed E-state index contributed by atoms with van der Waals surface area (Å²) in [5.74, 6) is 1.04.